The van der Waals surface area contributed by atoms with E-state index in [0.29, 0.717) is 18.9 Å². The van der Waals surface area contributed by atoms with E-state index in [0.717, 1.165) is 18.4 Å². The van der Waals surface area contributed by atoms with Gasteiger partial charge in [0, 0.05) is 18.5 Å². The molecule has 1 aromatic rings. The van der Waals surface area contributed by atoms with E-state index < -0.39 is 6.10 Å². The fraction of sp³-hybridized carbons (Fsp3) is 0.588. The number of hydrogen-bond acceptors (Lipinski definition) is 4. The van der Waals surface area contributed by atoms with Crippen LogP contribution in [0.2, 0.25) is 0 Å². The van der Waals surface area contributed by atoms with Gasteiger partial charge in [-0.2, -0.15) is 0 Å². The van der Waals surface area contributed by atoms with Crippen LogP contribution in [0.4, 0.5) is 0 Å². The minimum absolute atomic E-state index is 0.116. The van der Waals surface area contributed by atoms with Crippen molar-refractivity contribution < 1.29 is 14.6 Å². The monoisotopic (exact) mass is 291 g/mol. The Morgan fingerprint density at radius 1 is 1.33 bits per heavy atom. The van der Waals surface area contributed by atoms with Crippen LogP contribution in [-0.4, -0.2) is 30.3 Å². The van der Waals surface area contributed by atoms with Gasteiger partial charge < -0.3 is 15.2 Å². The molecule has 2 atom stereocenters. The van der Waals surface area contributed by atoms with Crippen LogP contribution in [0.15, 0.2) is 30.3 Å². The van der Waals surface area contributed by atoms with Gasteiger partial charge in [-0.25, -0.2) is 0 Å². The summed E-state index contributed by atoms with van der Waals surface area (Å²) in [6.07, 6.45) is 5.08. The minimum atomic E-state index is -0.601. The molecule has 4 heteroatoms. The molecule has 0 aliphatic heterocycles. The van der Waals surface area contributed by atoms with Gasteiger partial charge in [-0.1, -0.05) is 43.2 Å². The highest BCUT2D eigenvalue weighted by Crippen LogP contribution is 2.24. The molecule has 2 N–H and O–H groups in total. The highest BCUT2D eigenvalue weighted by Gasteiger charge is 2.26. The van der Waals surface area contributed by atoms with E-state index in [9.17, 15) is 9.90 Å². The third kappa shape index (κ3) is 4.83. The zero-order valence-corrected chi connectivity index (χ0v) is 12.6. The summed E-state index contributed by atoms with van der Waals surface area (Å²) in [6, 6.07) is 9.96. The number of carbonyl (C=O) groups is 1. The maximum atomic E-state index is 11.4. The van der Waals surface area contributed by atoms with Crippen LogP contribution in [-0.2, 0) is 9.53 Å². The summed E-state index contributed by atoms with van der Waals surface area (Å²) in [7, 11) is 1.40. The number of benzene rings is 1. The van der Waals surface area contributed by atoms with Crippen molar-refractivity contribution in [1.82, 2.24) is 5.32 Å². The van der Waals surface area contributed by atoms with Gasteiger partial charge in [0.2, 0.25) is 0 Å². The summed E-state index contributed by atoms with van der Waals surface area (Å²) in [5, 5.41) is 14.1. The van der Waals surface area contributed by atoms with Crippen molar-refractivity contribution >= 4 is 5.97 Å². The van der Waals surface area contributed by atoms with Crippen molar-refractivity contribution in [2.24, 2.45) is 0 Å². The first-order valence-corrected chi connectivity index (χ1v) is 7.76. The molecule has 2 rings (SSSR count). The van der Waals surface area contributed by atoms with Gasteiger partial charge in [0.1, 0.15) is 0 Å². The molecule has 0 spiro atoms. The maximum Gasteiger partial charge on any atom is 0.305 e. The largest absolute Gasteiger partial charge is 0.469 e. The Morgan fingerprint density at radius 3 is 2.62 bits per heavy atom. The quantitative estimate of drug-likeness (QED) is 0.758. The molecular formula is C17H25NO3. The van der Waals surface area contributed by atoms with Gasteiger partial charge in [-0.05, 0) is 24.8 Å². The molecule has 1 aliphatic carbocycles. The highest BCUT2D eigenvalue weighted by molar-refractivity contribution is 5.69. The van der Waals surface area contributed by atoms with Gasteiger partial charge in [0.05, 0.1) is 13.2 Å². The Labute approximate surface area is 126 Å². The van der Waals surface area contributed by atoms with Gasteiger partial charge in [-0.3, -0.25) is 4.79 Å². The van der Waals surface area contributed by atoms with Gasteiger partial charge >= 0.3 is 5.97 Å². The minimum Gasteiger partial charge on any atom is -0.469 e. The Bertz CT molecular complexity index is 429. The van der Waals surface area contributed by atoms with E-state index in [1.165, 1.54) is 20.0 Å². The van der Waals surface area contributed by atoms with Gasteiger partial charge in [0.25, 0.3) is 0 Å². The Kier molecular flexibility index (Phi) is 6.21. The number of ether oxygens (including phenoxy) is 1. The van der Waals surface area contributed by atoms with Crippen LogP contribution in [0, 0.1) is 0 Å². The fourth-order valence-electron chi connectivity index (χ4n) is 2.99. The lowest BCUT2D eigenvalue weighted by Crippen LogP contribution is -2.41. The lowest BCUT2D eigenvalue weighted by Gasteiger charge is -2.27. The van der Waals surface area contributed by atoms with Crippen LogP contribution >= 0.6 is 0 Å². The number of nitrogens with one attached hydrogen (secondary N) is 1. The van der Waals surface area contributed by atoms with Crippen molar-refractivity contribution in [2.45, 2.75) is 56.7 Å². The third-order valence-corrected chi connectivity index (χ3v) is 4.21. The molecular weight excluding hydrogens is 266 g/mol. The van der Waals surface area contributed by atoms with E-state index in [4.69, 9.17) is 4.74 Å². The SMILES string of the molecule is COC(=O)CCC(NC1CCCC1)C(O)c1ccccc1. The lowest BCUT2D eigenvalue weighted by atomic mass is 9.97. The van der Waals surface area contributed by atoms with E-state index in [2.05, 4.69) is 5.32 Å². The standard InChI is InChI=1S/C17H25NO3/c1-21-16(19)12-11-15(18-14-9-5-6-10-14)17(20)13-7-3-2-4-8-13/h2-4,7-8,14-15,17-18,20H,5-6,9-12H2,1H3. The second kappa shape index (κ2) is 8.15. The zero-order chi connectivity index (χ0) is 15.1. The number of aliphatic hydroxyl groups is 1. The van der Waals surface area contributed by atoms with E-state index >= 15 is 0 Å². The Balaban J connectivity index is 2.00. The van der Waals surface area contributed by atoms with E-state index in [1.807, 2.05) is 30.3 Å². The average molecular weight is 291 g/mol. The first-order chi connectivity index (χ1) is 10.2. The van der Waals surface area contributed by atoms with Crippen LogP contribution in [0.5, 0.6) is 0 Å². The first-order valence-electron chi connectivity index (χ1n) is 7.76. The second-order valence-corrected chi connectivity index (χ2v) is 5.72. The normalized spacial score (nSPS) is 18.4. The van der Waals surface area contributed by atoms with E-state index in [-0.39, 0.29) is 12.0 Å². The summed E-state index contributed by atoms with van der Waals surface area (Å²) in [4.78, 5) is 11.4. The molecule has 0 aromatic heterocycles. The molecule has 0 heterocycles. The molecule has 4 nitrogen and oxygen atoms in total. The van der Waals surface area contributed by atoms with E-state index in [1.54, 1.807) is 0 Å². The topological polar surface area (TPSA) is 58.6 Å². The molecule has 1 fully saturated rings. The number of carbonyl (C=O) groups excluding carboxylic acids is 1. The number of esters is 1. The fourth-order valence-corrected chi connectivity index (χ4v) is 2.99. The van der Waals surface area contributed by atoms with Crippen molar-refractivity contribution in [3.8, 4) is 0 Å². The summed E-state index contributed by atoms with van der Waals surface area (Å²) in [5.74, 6) is -0.228. The molecule has 116 valence electrons. The average Bonchev–Trinajstić information content (AvgIpc) is 3.04. The van der Waals surface area contributed by atoms with Crippen molar-refractivity contribution in [1.29, 1.82) is 0 Å². The third-order valence-electron chi connectivity index (χ3n) is 4.21. The zero-order valence-electron chi connectivity index (χ0n) is 12.6. The van der Waals surface area contributed by atoms with Crippen LogP contribution in [0.1, 0.15) is 50.2 Å². The molecule has 0 radical (unpaired) electrons. The summed E-state index contributed by atoms with van der Waals surface area (Å²) in [6.45, 7) is 0. The van der Waals surface area contributed by atoms with Crippen LogP contribution < -0.4 is 5.32 Å². The molecule has 21 heavy (non-hydrogen) atoms. The smallest absolute Gasteiger partial charge is 0.305 e. The van der Waals surface area contributed by atoms with Gasteiger partial charge in [0.15, 0.2) is 0 Å². The van der Waals surface area contributed by atoms with Crippen molar-refractivity contribution in [3.63, 3.8) is 0 Å². The molecule has 1 aliphatic rings. The first kappa shape index (κ1) is 16.0. The van der Waals surface area contributed by atoms with Crippen molar-refractivity contribution in [3.05, 3.63) is 35.9 Å². The molecule has 0 saturated heterocycles. The summed E-state index contributed by atoms with van der Waals surface area (Å²) >= 11 is 0. The Morgan fingerprint density at radius 2 is 2.00 bits per heavy atom. The molecule has 0 amide bonds. The van der Waals surface area contributed by atoms with Crippen molar-refractivity contribution in [2.75, 3.05) is 7.11 Å². The van der Waals surface area contributed by atoms with Gasteiger partial charge in [-0.15, -0.1) is 0 Å². The second-order valence-electron chi connectivity index (χ2n) is 5.72. The maximum absolute atomic E-state index is 11.4. The lowest BCUT2D eigenvalue weighted by molar-refractivity contribution is -0.141. The van der Waals surface area contributed by atoms with Crippen LogP contribution in [0.25, 0.3) is 0 Å². The number of hydrogen-bond donors (Lipinski definition) is 2. The Hall–Kier alpha value is -1.39. The summed E-state index contributed by atoms with van der Waals surface area (Å²) < 4.78 is 4.71. The molecule has 2 unspecified atom stereocenters. The van der Waals surface area contributed by atoms with Crippen LogP contribution in [0.3, 0.4) is 0 Å². The number of aliphatic hydroxyl groups excluding tert-OH is 1. The predicted octanol–water partition coefficient (Wildman–Crippen LogP) is 2.57. The number of methoxy groups -OCH3 is 1. The molecule has 1 saturated carbocycles. The summed E-state index contributed by atoms with van der Waals surface area (Å²) in [5.41, 5.74) is 0.887. The predicted molar refractivity (Wildman–Crippen MR) is 81.8 cm³/mol. The highest BCUT2D eigenvalue weighted by atomic mass is 16.5. The number of rotatable bonds is 7. The molecule has 0 bridgehead atoms. The molecule has 1 aromatic carbocycles.